The number of anilines is 1. The molecular formula is C17H16ClN3O4S. The Labute approximate surface area is 157 Å². The van der Waals surface area contributed by atoms with Crippen LogP contribution in [-0.2, 0) is 14.9 Å². The molecule has 0 spiro atoms. The molecule has 2 aromatic carbocycles. The molecule has 0 aliphatic carbocycles. The van der Waals surface area contributed by atoms with Crippen LogP contribution in [0, 0.1) is 11.3 Å². The van der Waals surface area contributed by atoms with Crippen molar-refractivity contribution in [2.45, 2.75) is 4.90 Å². The van der Waals surface area contributed by atoms with Gasteiger partial charge in [-0.25, -0.2) is 8.42 Å². The number of amides is 1. The van der Waals surface area contributed by atoms with Crippen LogP contribution in [0.5, 0.6) is 0 Å². The van der Waals surface area contributed by atoms with Crippen molar-refractivity contribution in [2.75, 3.05) is 26.1 Å². The molecule has 0 heterocycles. The van der Waals surface area contributed by atoms with Crippen molar-refractivity contribution in [3.63, 3.8) is 0 Å². The van der Waals surface area contributed by atoms with Crippen LogP contribution in [-0.4, -0.2) is 40.0 Å². The Morgan fingerprint density at radius 1 is 1.19 bits per heavy atom. The molecule has 0 saturated carbocycles. The van der Waals surface area contributed by atoms with E-state index in [1.807, 2.05) is 6.07 Å². The van der Waals surface area contributed by atoms with E-state index < -0.39 is 15.9 Å². The van der Waals surface area contributed by atoms with Crippen LogP contribution >= 0.6 is 11.6 Å². The van der Waals surface area contributed by atoms with Crippen LogP contribution < -0.4 is 4.90 Å². The van der Waals surface area contributed by atoms with E-state index in [2.05, 4.69) is 0 Å². The molecule has 9 heteroatoms. The summed E-state index contributed by atoms with van der Waals surface area (Å²) in [5, 5.41) is 8.95. The topological polar surface area (TPSA) is 90.7 Å². The van der Waals surface area contributed by atoms with Crippen LogP contribution in [0.3, 0.4) is 0 Å². The fourth-order valence-electron chi connectivity index (χ4n) is 2.17. The smallest absolute Gasteiger partial charge is 0.266 e. The lowest BCUT2D eigenvalue weighted by atomic mass is 10.1. The first kappa shape index (κ1) is 19.9. The van der Waals surface area contributed by atoms with Crippen molar-refractivity contribution >= 4 is 33.2 Å². The number of carbonyl (C=O) groups is 1. The van der Waals surface area contributed by atoms with Crippen LogP contribution in [0.4, 0.5) is 5.69 Å². The Morgan fingerprint density at radius 2 is 1.88 bits per heavy atom. The molecule has 0 bridgehead atoms. The zero-order valence-corrected chi connectivity index (χ0v) is 15.9. The minimum absolute atomic E-state index is 0.0282. The number of nitrogens with zero attached hydrogens (tertiary/aromatic N) is 3. The fourth-order valence-corrected chi connectivity index (χ4v) is 3.64. The molecule has 0 fully saturated rings. The number of nitriles is 1. The van der Waals surface area contributed by atoms with Gasteiger partial charge in [0, 0.05) is 25.3 Å². The van der Waals surface area contributed by atoms with Crippen molar-refractivity contribution in [2.24, 2.45) is 0 Å². The molecule has 26 heavy (non-hydrogen) atoms. The summed E-state index contributed by atoms with van der Waals surface area (Å²) in [5.41, 5.74) is 1.04. The van der Waals surface area contributed by atoms with Gasteiger partial charge < -0.3 is 4.90 Å². The number of rotatable bonds is 5. The molecule has 0 aromatic heterocycles. The van der Waals surface area contributed by atoms with Gasteiger partial charge in [0.1, 0.15) is 4.90 Å². The number of sulfonamides is 1. The largest absolute Gasteiger partial charge is 0.311 e. The summed E-state index contributed by atoms with van der Waals surface area (Å²) in [7, 11) is -0.0541. The Morgan fingerprint density at radius 3 is 2.50 bits per heavy atom. The van der Waals surface area contributed by atoms with Gasteiger partial charge >= 0.3 is 0 Å². The molecule has 0 saturated heterocycles. The number of hydrogen-bond acceptors (Lipinski definition) is 5. The molecule has 1 amide bonds. The average molecular weight is 394 g/mol. The van der Waals surface area contributed by atoms with Crippen LogP contribution in [0.15, 0.2) is 47.4 Å². The van der Waals surface area contributed by atoms with E-state index >= 15 is 0 Å². The van der Waals surface area contributed by atoms with Crippen molar-refractivity contribution in [1.29, 1.82) is 5.26 Å². The molecule has 0 N–H and O–H groups in total. The molecule has 0 aliphatic heterocycles. The minimum atomic E-state index is -4.01. The predicted molar refractivity (Wildman–Crippen MR) is 97.3 cm³/mol. The zero-order valence-electron chi connectivity index (χ0n) is 14.3. The highest BCUT2D eigenvalue weighted by molar-refractivity contribution is 7.89. The maximum atomic E-state index is 12.7. The van der Waals surface area contributed by atoms with Gasteiger partial charge in [0.2, 0.25) is 0 Å². The summed E-state index contributed by atoms with van der Waals surface area (Å²) in [4.78, 5) is 18.5. The normalized spacial score (nSPS) is 11.2. The van der Waals surface area contributed by atoms with Gasteiger partial charge in [-0.1, -0.05) is 22.1 Å². The lowest BCUT2D eigenvalue weighted by Gasteiger charge is -2.19. The minimum Gasteiger partial charge on any atom is -0.311 e. The van der Waals surface area contributed by atoms with E-state index in [1.165, 1.54) is 44.3 Å². The fraction of sp³-hybridized carbons (Fsp3) is 0.176. The van der Waals surface area contributed by atoms with Crippen LogP contribution in [0.25, 0.3) is 0 Å². The Kier molecular flexibility index (Phi) is 6.00. The molecular weight excluding hydrogens is 378 g/mol. The second kappa shape index (κ2) is 7.85. The van der Waals surface area contributed by atoms with Gasteiger partial charge in [-0.3, -0.25) is 9.63 Å². The van der Waals surface area contributed by atoms with Crippen LogP contribution in [0.1, 0.15) is 15.9 Å². The zero-order chi connectivity index (χ0) is 19.5. The summed E-state index contributed by atoms with van der Waals surface area (Å²) in [6.07, 6.45) is 0. The van der Waals surface area contributed by atoms with Gasteiger partial charge in [0.25, 0.3) is 15.9 Å². The highest BCUT2D eigenvalue weighted by Crippen LogP contribution is 2.26. The second-order valence-corrected chi connectivity index (χ2v) is 7.58. The Hall–Kier alpha value is -2.44. The standard InChI is InChI=1S/C17H16ClN3O4S/c1-20(14-6-4-5-12(9-14)11-19)17(22)13-7-8-15(18)16(10-13)26(23,24)21(2)25-3/h4-10H,1-3H3. The summed E-state index contributed by atoms with van der Waals surface area (Å²) in [6, 6.07) is 12.5. The summed E-state index contributed by atoms with van der Waals surface area (Å²) in [5.74, 6) is -0.451. The number of carbonyl (C=O) groups excluding carboxylic acids is 1. The third-order valence-electron chi connectivity index (χ3n) is 3.72. The molecule has 0 aliphatic rings. The van der Waals surface area contributed by atoms with Crippen molar-refractivity contribution in [1.82, 2.24) is 4.47 Å². The van der Waals surface area contributed by atoms with E-state index in [1.54, 1.807) is 24.3 Å². The average Bonchev–Trinajstić information content (AvgIpc) is 2.66. The van der Waals surface area contributed by atoms with E-state index in [9.17, 15) is 13.2 Å². The number of halogens is 1. The third kappa shape index (κ3) is 3.86. The molecule has 0 radical (unpaired) electrons. The molecule has 2 rings (SSSR count). The lowest BCUT2D eigenvalue weighted by molar-refractivity contribution is -0.0258. The molecule has 0 atom stereocenters. The first-order chi connectivity index (χ1) is 12.2. The van der Waals surface area contributed by atoms with E-state index in [0.29, 0.717) is 15.7 Å². The second-order valence-electron chi connectivity index (χ2n) is 5.27. The highest BCUT2D eigenvalue weighted by atomic mass is 35.5. The third-order valence-corrected chi connectivity index (χ3v) is 5.88. The van der Waals surface area contributed by atoms with Gasteiger partial charge in [0.15, 0.2) is 0 Å². The number of hydrogen-bond donors (Lipinski definition) is 0. The van der Waals surface area contributed by atoms with Crippen molar-refractivity contribution < 1.29 is 18.0 Å². The predicted octanol–water partition coefficient (Wildman–Crippen LogP) is 2.67. The first-order valence-corrected chi connectivity index (χ1v) is 9.15. The van der Waals surface area contributed by atoms with E-state index in [0.717, 1.165) is 0 Å². The first-order valence-electron chi connectivity index (χ1n) is 7.33. The molecule has 2 aromatic rings. The monoisotopic (exact) mass is 393 g/mol. The van der Waals surface area contributed by atoms with Gasteiger partial charge in [0.05, 0.1) is 23.8 Å². The highest BCUT2D eigenvalue weighted by Gasteiger charge is 2.26. The number of hydroxylamine groups is 1. The SMILES string of the molecule is CON(C)S(=O)(=O)c1cc(C(=O)N(C)c2cccc(C#N)c2)ccc1Cl. The Bertz CT molecular complexity index is 986. The summed E-state index contributed by atoms with van der Waals surface area (Å²) >= 11 is 6.00. The maximum absolute atomic E-state index is 12.7. The number of benzene rings is 2. The molecule has 7 nitrogen and oxygen atoms in total. The Balaban J connectivity index is 2.44. The maximum Gasteiger partial charge on any atom is 0.266 e. The van der Waals surface area contributed by atoms with E-state index in [-0.39, 0.29) is 15.5 Å². The van der Waals surface area contributed by atoms with Crippen molar-refractivity contribution in [3.8, 4) is 6.07 Å². The summed E-state index contributed by atoms with van der Waals surface area (Å²) in [6.45, 7) is 0. The van der Waals surface area contributed by atoms with Gasteiger partial charge in [-0.05, 0) is 36.4 Å². The molecule has 0 unspecified atom stereocenters. The van der Waals surface area contributed by atoms with E-state index in [4.69, 9.17) is 21.7 Å². The van der Waals surface area contributed by atoms with Crippen molar-refractivity contribution in [3.05, 3.63) is 58.6 Å². The quantitative estimate of drug-likeness (QED) is 0.728. The van der Waals surface area contributed by atoms with Crippen LogP contribution in [0.2, 0.25) is 5.02 Å². The molecule has 136 valence electrons. The lowest BCUT2D eigenvalue weighted by Crippen LogP contribution is -2.28. The van der Waals surface area contributed by atoms with Gasteiger partial charge in [-0.15, -0.1) is 0 Å². The van der Waals surface area contributed by atoms with Gasteiger partial charge in [-0.2, -0.15) is 5.26 Å². The summed E-state index contributed by atoms with van der Waals surface area (Å²) < 4.78 is 25.5.